The van der Waals surface area contributed by atoms with Gasteiger partial charge in [0.25, 0.3) is 0 Å². The molecule has 0 aliphatic carbocycles. The minimum atomic E-state index is -0.144. The molecule has 1 aliphatic heterocycles. The van der Waals surface area contributed by atoms with Crippen molar-refractivity contribution < 1.29 is 14.3 Å². The summed E-state index contributed by atoms with van der Waals surface area (Å²) in [6, 6.07) is 9.44. The van der Waals surface area contributed by atoms with Gasteiger partial charge < -0.3 is 24.6 Å². The Balaban J connectivity index is 1.52. The largest absolute Gasteiger partial charge is 0.454 e. The first-order valence-electron chi connectivity index (χ1n) is 8.02. The molecular weight excluding hydrogens is 320 g/mol. The molecule has 2 heterocycles. The Morgan fingerprint density at radius 3 is 2.60 bits per heavy atom. The van der Waals surface area contributed by atoms with Gasteiger partial charge in [0.2, 0.25) is 6.79 Å². The predicted molar refractivity (Wildman–Crippen MR) is 94.8 cm³/mol. The smallest absolute Gasteiger partial charge is 0.317 e. The van der Waals surface area contributed by atoms with Crippen molar-refractivity contribution in [1.29, 1.82) is 0 Å². The second-order valence-corrected chi connectivity index (χ2v) is 6.12. The van der Waals surface area contributed by atoms with E-state index in [0.717, 1.165) is 28.4 Å². The molecule has 2 aromatic rings. The zero-order valence-corrected chi connectivity index (χ0v) is 14.7. The van der Waals surface area contributed by atoms with Crippen molar-refractivity contribution in [1.82, 2.24) is 15.2 Å². The molecule has 0 radical (unpaired) electrons. The zero-order chi connectivity index (χ0) is 17.8. The molecule has 0 unspecified atom stereocenters. The van der Waals surface area contributed by atoms with Crippen molar-refractivity contribution >= 4 is 11.8 Å². The fourth-order valence-corrected chi connectivity index (χ4v) is 2.48. The first-order valence-corrected chi connectivity index (χ1v) is 8.02. The van der Waals surface area contributed by atoms with Crippen LogP contribution in [0.5, 0.6) is 11.5 Å². The van der Waals surface area contributed by atoms with Gasteiger partial charge >= 0.3 is 6.03 Å². The van der Waals surface area contributed by atoms with Crippen molar-refractivity contribution in [2.45, 2.75) is 13.1 Å². The summed E-state index contributed by atoms with van der Waals surface area (Å²) in [6.07, 6.45) is 1.77. The summed E-state index contributed by atoms with van der Waals surface area (Å²) in [7, 11) is 5.64. The number of aromatic nitrogens is 1. The first-order chi connectivity index (χ1) is 12.0. The van der Waals surface area contributed by atoms with Gasteiger partial charge in [0.15, 0.2) is 11.5 Å². The maximum absolute atomic E-state index is 12.3. The van der Waals surface area contributed by atoms with Gasteiger partial charge in [-0.3, -0.25) is 0 Å². The maximum Gasteiger partial charge on any atom is 0.317 e. The lowest BCUT2D eigenvalue weighted by atomic mass is 10.2. The van der Waals surface area contributed by atoms with Gasteiger partial charge in [-0.25, -0.2) is 9.78 Å². The third-order valence-electron chi connectivity index (χ3n) is 3.91. The number of nitrogens with zero attached hydrogens (tertiary/aromatic N) is 3. The Bertz CT molecular complexity index is 746. The number of amides is 2. The summed E-state index contributed by atoms with van der Waals surface area (Å²) in [5, 5.41) is 2.90. The summed E-state index contributed by atoms with van der Waals surface area (Å²) >= 11 is 0. The molecule has 1 aliphatic rings. The lowest BCUT2D eigenvalue weighted by molar-refractivity contribution is 0.174. The number of benzene rings is 1. The average Bonchev–Trinajstić information content (AvgIpc) is 3.07. The van der Waals surface area contributed by atoms with Crippen molar-refractivity contribution in [2.75, 3.05) is 32.8 Å². The van der Waals surface area contributed by atoms with E-state index in [1.165, 1.54) is 0 Å². The zero-order valence-electron chi connectivity index (χ0n) is 14.7. The topological polar surface area (TPSA) is 66.9 Å². The van der Waals surface area contributed by atoms with Crippen molar-refractivity contribution in [3.63, 3.8) is 0 Å². The molecule has 0 saturated heterocycles. The van der Waals surface area contributed by atoms with E-state index in [-0.39, 0.29) is 12.8 Å². The average molecular weight is 342 g/mol. The summed E-state index contributed by atoms with van der Waals surface area (Å²) in [5.41, 5.74) is 1.94. The third kappa shape index (κ3) is 4.12. The van der Waals surface area contributed by atoms with Crippen molar-refractivity contribution in [3.05, 3.63) is 47.7 Å². The highest BCUT2D eigenvalue weighted by Crippen LogP contribution is 2.32. The van der Waals surface area contributed by atoms with Crippen LogP contribution in [0.15, 0.2) is 36.5 Å². The van der Waals surface area contributed by atoms with Crippen LogP contribution in [-0.2, 0) is 13.1 Å². The summed E-state index contributed by atoms with van der Waals surface area (Å²) < 4.78 is 10.7. The number of carbonyl (C=O) groups is 1. The Morgan fingerprint density at radius 2 is 1.88 bits per heavy atom. The quantitative estimate of drug-likeness (QED) is 0.902. The molecule has 0 atom stereocenters. The van der Waals surface area contributed by atoms with Crippen LogP contribution in [0.3, 0.4) is 0 Å². The van der Waals surface area contributed by atoms with Gasteiger partial charge in [-0.2, -0.15) is 0 Å². The number of ether oxygens (including phenoxy) is 2. The van der Waals surface area contributed by atoms with Crippen LogP contribution in [0.1, 0.15) is 11.1 Å². The predicted octanol–water partition coefficient (Wildman–Crippen LogP) is 2.22. The Hall–Kier alpha value is -2.96. The van der Waals surface area contributed by atoms with Gasteiger partial charge in [0.05, 0.1) is 0 Å². The van der Waals surface area contributed by atoms with E-state index >= 15 is 0 Å². The Labute approximate surface area is 147 Å². The molecule has 7 heteroatoms. The molecule has 2 amide bonds. The van der Waals surface area contributed by atoms with E-state index in [9.17, 15) is 4.79 Å². The third-order valence-corrected chi connectivity index (χ3v) is 3.91. The first kappa shape index (κ1) is 16.9. The molecular formula is C18H22N4O3. The van der Waals surface area contributed by atoms with E-state index < -0.39 is 0 Å². The standard InChI is InChI=1S/C18H22N4O3/c1-21(2)17-7-5-14(9-19-17)10-20-18(23)22(3)11-13-4-6-15-16(8-13)25-12-24-15/h4-9H,10-12H2,1-3H3,(H,20,23). The van der Waals surface area contributed by atoms with Crippen LogP contribution in [-0.4, -0.2) is 43.9 Å². The van der Waals surface area contributed by atoms with Crippen molar-refractivity contribution in [2.24, 2.45) is 0 Å². The minimum Gasteiger partial charge on any atom is -0.454 e. The van der Waals surface area contributed by atoms with Gasteiger partial charge in [-0.05, 0) is 29.3 Å². The lowest BCUT2D eigenvalue weighted by Gasteiger charge is -2.18. The van der Waals surface area contributed by atoms with Crippen LogP contribution in [0.4, 0.5) is 10.6 Å². The molecule has 1 aromatic carbocycles. The summed E-state index contributed by atoms with van der Waals surface area (Å²) in [4.78, 5) is 20.2. The molecule has 0 saturated carbocycles. The lowest BCUT2D eigenvalue weighted by Crippen LogP contribution is -2.36. The van der Waals surface area contributed by atoms with Crippen molar-refractivity contribution in [3.8, 4) is 11.5 Å². The van der Waals surface area contributed by atoms with Crippen LogP contribution in [0.2, 0.25) is 0 Å². The normalized spacial score (nSPS) is 12.0. The number of anilines is 1. The van der Waals surface area contributed by atoms with Gasteiger partial charge in [0.1, 0.15) is 5.82 Å². The number of hydrogen-bond donors (Lipinski definition) is 1. The molecule has 1 N–H and O–H groups in total. The van der Waals surface area contributed by atoms with Crippen LogP contribution >= 0.6 is 0 Å². The number of hydrogen-bond acceptors (Lipinski definition) is 5. The maximum atomic E-state index is 12.3. The second kappa shape index (κ2) is 7.29. The molecule has 0 bridgehead atoms. The van der Waals surface area contributed by atoms with E-state index in [4.69, 9.17) is 9.47 Å². The van der Waals surface area contributed by atoms with E-state index in [1.807, 2.05) is 49.3 Å². The van der Waals surface area contributed by atoms with Gasteiger partial charge in [-0.15, -0.1) is 0 Å². The van der Waals surface area contributed by atoms with Gasteiger partial charge in [-0.1, -0.05) is 12.1 Å². The molecule has 0 fully saturated rings. The van der Waals surface area contributed by atoms with E-state index in [1.54, 1.807) is 18.1 Å². The minimum absolute atomic E-state index is 0.144. The highest BCUT2D eigenvalue weighted by Gasteiger charge is 2.15. The second-order valence-electron chi connectivity index (χ2n) is 6.12. The van der Waals surface area contributed by atoms with E-state index in [2.05, 4.69) is 10.3 Å². The molecule has 3 rings (SSSR count). The number of fused-ring (bicyclic) bond motifs is 1. The van der Waals surface area contributed by atoms with Crippen LogP contribution < -0.4 is 19.7 Å². The van der Waals surface area contributed by atoms with Crippen LogP contribution in [0, 0.1) is 0 Å². The molecule has 25 heavy (non-hydrogen) atoms. The molecule has 1 aromatic heterocycles. The number of rotatable bonds is 5. The molecule has 7 nitrogen and oxygen atoms in total. The SMILES string of the molecule is CN(Cc1ccc2c(c1)OCO2)C(=O)NCc1ccc(N(C)C)nc1. The number of carbonyl (C=O) groups excluding carboxylic acids is 1. The molecule has 132 valence electrons. The van der Waals surface area contributed by atoms with E-state index in [0.29, 0.717) is 13.1 Å². The number of nitrogens with one attached hydrogen (secondary N) is 1. The fraction of sp³-hybridized carbons (Fsp3) is 0.333. The molecule has 0 spiro atoms. The summed E-state index contributed by atoms with van der Waals surface area (Å²) in [5.74, 6) is 2.35. The Morgan fingerprint density at radius 1 is 1.12 bits per heavy atom. The monoisotopic (exact) mass is 342 g/mol. The Kier molecular flexibility index (Phi) is 4.92. The summed E-state index contributed by atoms with van der Waals surface area (Å²) in [6.45, 7) is 1.17. The fourth-order valence-electron chi connectivity index (χ4n) is 2.48. The highest BCUT2D eigenvalue weighted by atomic mass is 16.7. The number of urea groups is 1. The van der Waals surface area contributed by atoms with Gasteiger partial charge in [0, 0.05) is 40.4 Å². The number of pyridine rings is 1. The highest BCUT2D eigenvalue weighted by molar-refractivity contribution is 5.73. The van der Waals surface area contributed by atoms with Crippen LogP contribution in [0.25, 0.3) is 0 Å².